The summed E-state index contributed by atoms with van der Waals surface area (Å²) in [5, 5.41) is 13.8. The molecule has 4 aromatic rings. The Hall–Kier alpha value is -3.35. The summed E-state index contributed by atoms with van der Waals surface area (Å²) in [6.07, 6.45) is 5.60. The molecule has 0 amide bonds. The van der Waals surface area contributed by atoms with Crippen LogP contribution in [0.15, 0.2) is 78.6 Å². The zero-order valence-corrected chi connectivity index (χ0v) is 18.1. The second-order valence-electron chi connectivity index (χ2n) is 7.30. The predicted octanol–water partition coefficient (Wildman–Crippen LogP) is 5.08. The summed E-state index contributed by atoms with van der Waals surface area (Å²) < 4.78 is 0. The quantitative estimate of drug-likeness (QED) is 0.179. The van der Waals surface area contributed by atoms with E-state index in [0.717, 1.165) is 39.6 Å². The number of rotatable bonds is 8. The third-order valence-corrected chi connectivity index (χ3v) is 6.36. The summed E-state index contributed by atoms with van der Waals surface area (Å²) in [5.41, 5.74) is 11.4. The molecule has 0 atom stereocenters. The van der Waals surface area contributed by atoms with Crippen LogP contribution in [0.5, 0.6) is 0 Å². The first kappa shape index (κ1) is 20.9. The number of aromatic amines is 1. The highest BCUT2D eigenvalue weighted by molar-refractivity contribution is 7.18. The molecule has 2 aromatic heterocycles. The molecule has 0 bridgehead atoms. The van der Waals surface area contributed by atoms with Gasteiger partial charge in [-0.25, -0.2) is 0 Å². The van der Waals surface area contributed by atoms with Gasteiger partial charge in [0.1, 0.15) is 5.84 Å². The van der Waals surface area contributed by atoms with Crippen LogP contribution in [0.1, 0.15) is 22.4 Å². The molecule has 31 heavy (non-hydrogen) atoms. The molecule has 0 aliphatic carbocycles. The van der Waals surface area contributed by atoms with Crippen molar-refractivity contribution in [1.82, 2.24) is 10.3 Å². The zero-order chi connectivity index (χ0) is 21.6. The van der Waals surface area contributed by atoms with E-state index in [-0.39, 0.29) is 6.61 Å². The lowest BCUT2D eigenvalue weighted by molar-refractivity contribution is 0.282. The van der Waals surface area contributed by atoms with Gasteiger partial charge in [0, 0.05) is 28.5 Å². The normalized spacial score (nSPS) is 11.7. The van der Waals surface area contributed by atoms with E-state index in [9.17, 15) is 5.11 Å². The predicted molar refractivity (Wildman–Crippen MR) is 131 cm³/mol. The number of nitrogen functional groups attached to an aromatic ring is 1. The number of aliphatic imine (C=N–C) groups is 1. The third kappa shape index (κ3) is 4.71. The Kier molecular flexibility index (Phi) is 6.50. The van der Waals surface area contributed by atoms with E-state index < -0.39 is 0 Å². The minimum Gasteiger partial charge on any atom is -0.397 e. The molecule has 5 N–H and O–H groups in total. The minimum atomic E-state index is 0.0166. The Morgan fingerprint density at radius 2 is 2.06 bits per heavy atom. The van der Waals surface area contributed by atoms with Gasteiger partial charge in [-0.15, -0.1) is 11.3 Å². The van der Waals surface area contributed by atoms with Crippen molar-refractivity contribution in [3.63, 3.8) is 0 Å². The highest BCUT2D eigenvalue weighted by Crippen LogP contribution is 2.34. The van der Waals surface area contributed by atoms with Crippen LogP contribution in [0.3, 0.4) is 0 Å². The van der Waals surface area contributed by atoms with E-state index in [1.54, 1.807) is 17.5 Å². The molecule has 0 fully saturated rings. The smallest absolute Gasteiger partial charge is 0.144 e. The molecular weight excluding hydrogens is 404 g/mol. The van der Waals surface area contributed by atoms with Gasteiger partial charge in [0.2, 0.25) is 0 Å². The fourth-order valence-corrected chi connectivity index (χ4v) is 4.68. The van der Waals surface area contributed by atoms with Gasteiger partial charge in [0.05, 0.1) is 17.2 Å². The Labute approximate surface area is 186 Å². The first-order valence-corrected chi connectivity index (χ1v) is 11.1. The number of hydrogen-bond acceptors (Lipinski definition) is 4. The summed E-state index contributed by atoms with van der Waals surface area (Å²) in [5.74, 6) is 0.737. The Bertz CT molecular complexity index is 1220. The Morgan fingerprint density at radius 3 is 2.90 bits per heavy atom. The van der Waals surface area contributed by atoms with Crippen LogP contribution < -0.4 is 11.1 Å². The van der Waals surface area contributed by atoms with Gasteiger partial charge in [-0.05, 0) is 53.9 Å². The average molecular weight is 431 g/mol. The topological polar surface area (TPSA) is 86.4 Å². The molecule has 158 valence electrons. The molecule has 0 spiro atoms. The van der Waals surface area contributed by atoms with Gasteiger partial charge in [-0.1, -0.05) is 43.0 Å². The van der Waals surface area contributed by atoms with Gasteiger partial charge in [0.25, 0.3) is 0 Å². The largest absolute Gasteiger partial charge is 0.397 e. The summed E-state index contributed by atoms with van der Waals surface area (Å²) in [7, 11) is 0. The number of nitrogens with one attached hydrogen (secondary N) is 2. The minimum absolute atomic E-state index is 0.0166. The number of hydrogen-bond donors (Lipinski definition) is 4. The maximum absolute atomic E-state index is 9.41. The first-order valence-electron chi connectivity index (χ1n) is 10.3. The van der Waals surface area contributed by atoms with E-state index in [1.807, 2.05) is 36.4 Å². The van der Waals surface area contributed by atoms with Gasteiger partial charge in [-0.2, -0.15) is 0 Å². The molecule has 5 nitrogen and oxygen atoms in total. The number of benzene rings is 2. The maximum atomic E-state index is 9.41. The second-order valence-corrected chi connectivity index (χ2v) is 8.35. The number of thiophene rings is 1. The number of aryl methyl sites for hydroxylation is 1. The van der Waals surface area contributed by atoms with Gasteiger partial charge >= 0.3 is 0 Å². The van der Waals surface area contributed by atoms with E-state index in [0.29, 0.717) is 12.2 Å². The Balaban J connectivity index is 1.49. The summed E-state index contributed by atoms with van der Waals surface area (Å²) in [6, 6.07) is 18.2. The molecule has 0 saturated heterocycles. The van der Waals surface area contributed by atoms with Crippen LogP contribution in [-0.4, -0.2) is 22.5 Å². The fourth-order valence-electron chi connectivity index (χ4n) is 3.63. The number of nitrogens with zero attached hydrogens (tertiary/aromatic N) is 1. The van der Waals surface area contributed by atoms with Crippen molar-refractivity contribution < 1.29 is 5.11 Å². The van der Waals surface area contributed by atoms with Crippen LogP contribution in [0.4, 0.5) is 5.69 Å². The molecule has 0 aliphatic heterocycles. The molecule has 0 aliphatic rings. The average Bonchev–Trinajstić information content (AvgIpc) is 3.39. The molecule has 0 radical (unpaired) electrons. The first-order chi connectivity index (χ1) is 15.2. The molecule has 0 saturated carbocycles. The lowest BCUT2D eigenvalue weighted by Crippen LogP contribution is -2.19. The fraction of sp³-hybridized carbons (Fsp3) is 0.160. The lowest BCUT2D eigenvalue weighted by atomic mass is 10.1. The van der Waals surface area contributed by atoms with Crippen LogP contribution in [0.2, 0.25) is 0 Å². The molecular formula is C25H26N4OS. The monoisotopic (exact) mass is 430 g/mol. The number of nitrogens with two attached hydrogens (primary N) is 1. The maximum Gasteiger partial charge on any atom is 0.144 e. The molecule has 4 rings (SSSR count). The van der Waals surface area contributed by atoms with Crippen molar-refractivity contribution in [2.75, 3.05) is 12.3 Å². The van der Waals surface area contributed by atoms with Crippen LogP contribution in [-0.2, 0) is 13.0 Å². The van der Waals surface area contributed by atoms with Gasteiger partial charge < -0.3 is 21.1 Å². The summed E-state index contributed by atoms with van der Waals surface area (Å²) in [4.78, 5) is 10.0. The standard InChI is InChI=1S/C25H26N4OS/c1-2-27-25(28-12-6-9-19-15-29-22-11-4-3-10-20(19)22)24-21(26)14-23(31-24)18-8-5-7-17(13-18)16-30/h2-5,7-8,10-11,13-15,29-30H,1,6,9,12,16,26H2,(H,27,28). The molecule has 6 heteroatoms. The third-order valence-electron chi connectivity index (χ3n) is 5.16. The number of amidine groups is 1. The number of aliphatic hydroxyl groups is 1. The number of H-pyrrole nitrogens is 1. The van der Waals surface area contributed by atoms with Gasteiger partial charge in [0.15, 0.2) is 0 Å². The van der Waals surface area contributed by atoms with E-state index in [4.69, 9.17) is 10.7 Å². The second kappa shape index (κ2) is 9.64. The van der Waals surface area contributed by atoms with E-state index in [2.05, 4.69) is 41.3 Å². The van der Waals surface area contributed by atoms with Crippen molar-refractivity contribution in [2.24, 2.45) is 4.99 Å². The molecule has 2 heterocycles. The lowest BCUT2D eigenvalue weighted by Gasteiger charge is -2.06. The number of fused-ring (bicyclic) bond motifs is 1. The SMILES string of the molecule is C=CNC(=NCCCc1c[nH]c2ccccc12)c1sc(-c2cccc(CO)c2)cc1N. The molecule has 0 unspecified atom stereocenters. The van der Waals surface area contributed by atoms with Crippen molar-refractivity contribution in [1.29, 1.82) is 0 Å². The van der Waals surface area contributed by atoms with Crippen molar-refractivity contribution in [3.05, 3.63) is 89.6 Å². The number of para-hydroxylation sites is 1. The summed E-state index contributed by atoms with van der Waals surface area (Å²) in [6.45, 7) is 4.49. The van der Waals surface area contributed by atoms with Crippen LogP contribution >= 0.6 is 11.3 Å². The molecule has 2 aromatic carbocycles. The van der Waals surface area contributed by atoms with Crippen molar-refractivity contribution in [3.8, 4) is 10.4 Å². The Morgan fingerprint density at radius 1 is 1.19 bits per heavy atom. The van der Waals surface area contributed by atoms with Crippen LogP contribution in [0, 0.1) is 0 Å². The highest BCUT2D eigenvalue weighted by atomic mass is 32.1. The van der Waals surface area contributed by atoms with Crippen molar-refractivity contribution in [2.45, 2.75) is 19.4 Å². The highest BCUT2D eigenvalue weighted by Gasteiger charge is 2.13. The van der Waals surface area contributed by atoms with Crippen molar-refractivity contribution >= 4 is 33.8 Å². The summed E-state index contributed by atoms with van der Waals surface area (Å²) >= 11 is 1.58. The van der Waals surface area contributed by atoms with E-state index in [1.165, 1.54) is 16.5 Å². The van der Waals surface area contributed by atoms with Crippen LogP contribution in [0.25, 0.3) is 21.3 Å². The van der Waals surface area contributed by atoms with Gasteiger partial charge in [-0.3, -0.25) is 4.99 Å². The van der Waals surface area contributed by atoms with E-state index >= 15 is 0 Å². The number of aromatic nitrogens is 1. The number of aliphatic hydroxyl groups excluding tert-OH is 1. The number of anilines is 1. The zero-order valence-electron chi connectivity index (χ0n) is 17.3.